The molecule has 0 bridgehead atoms. The summed E-state index contributed by atoms with van der Waals surface area (Å²) in [5.74, 6) is -0.655. The second-order valence-corrected chi connectivity index (χ2v) is 5.97. The van der Waals surface area contributed by atoms with Crippen LogP contribution in [0.2, 0.25) is 0 Å². The first kappa shape index (κ1) is 12.7. The zero-order valence-electron chi connectivity index (χ0n) is 11.4. The Hall–Kier alpha value is -1.35. The Bertz CT molecular complexity index is 485. The lowest BCUT2D eigenvalue weighted by Gasteiger charge is -2.40. The number of nitrogens with zero attached hydrogens (tertiary/aromatic N) is 1. The van der Waals surface area contributed by atoms with E-state index >= 15 is 0 Å². The number of aliphatic carboxylic acids is 1. The van der Waals surface area contributed by atoms with Gasteiger partial charge in [-0.25, -0.2) is 0 Å². The lowest BCUT2D eigenvalue weighted by Crippen LogP contribution is -2.48. The van der Waals surface area contributed by atoms with Gasteiger partial charge < -0.3 is 10.0 Å². The maximum absolute atomic E-state index is 11.9. The van der Waals surface area contributed by atoms with Crippen molar-refractivity contribution in [2.45, 2.75) is 44.1 Å². The van der Waals surface area contributed by atoms with Gasteiger partial charge in [0.25, 0.3) is 0 Å². The largest absolute Gasteiger partial charge is 0.481 e. The third-order valence-corrected chi connectivity index (χ3v) is 4.78. The summed E-state index contributed by atoms with van der Waals surface area (Å²) in [5.41, 5.74) is 1.44. The standard InChI is InChI=1S/C16H21NO2/c1-12-4-2-3-5-14(12)16(15(18)19)8-10-17(11-9-16)13-6-7-13/h2-5,13H,6-11H2,1H3,(H,18,19). The van der Waals surface area contributed by atoms with Crippen molar-refractivity contribution in [2.24, 2.45) is 0 Å². The zero-order valence-corrected chi connectivity index (χ0v) is 11.4. The van der Waals surface area contributed by atoms with Crippen LogP contribution in [0.15, 0.2) is 24.3 Å². The summed E-state index contributed by atoms with van der Waals surface area (Å²) in [7, 11) is 0. The number of piperidine rings is 1. The number of hydrogen-bond donors (Lipinski definition) is 1. The molecule has 1 aliphatic carbocycles. The minimum Gasteiger partial charge on any atom is -0.481 e. The highest BCUT2D eigenvalue weighted by molar-refractivity contribution is 5.82. The van der Waals surface area contributed by atoms with E-state index in [4.69, 9.17) is 0 Å². The van der Waals surface area contributed by atoms with E-state index in [0.717, 1.165) is 43.1 Å². The van der Waals surface area contributed by atoms with Gasteiger partial charge in [0.2, 0.25) is 0 Å². The van der Waals surface area contributed by atoms with Gasteiger partial charge in [0.15, 0.2) is 0 Å². The number of hydrogen-bond acceptors (Lipinski definition) is 2. The molecule has 0 atom stereocenters. The van der Waals surface area contributed by atoms with E-state index in [1.165, 1.54) is 12.8 Å². The van der Waals surface area contributed by atoms with Gasteiger partial charge in [-0.15, -0.1) is 0 Å². The molecular formula is C16H21NO2. The minimum absolute atomic E-state index is 0.655. The topological polar surface area (TPSA) is 40.5 Å². The van der Waals surface area contributed by atoms with Crippen LogP contribution in [-0.2, 0) is 10.2 Å². The fraction of sp³-hybridized carbons (Fsp3) is 0.562. The zero-order chi connectivity index (χ0) is 13.5. The van der Waals surface area contributed by atoms with Gasteiger partial charge in [-0.2, -0.15) is 0 Å². The summed E-state index contributed by atoms with van der Waals surface area (Å²) in [5, 5.41) is 9.79. The van der Waals surface area contributed by atoms with Crippen LogP contribution in [0, 0.1) is 6.92 Å². The van der Waals surface area contributed by atoms with Crippen LogP contribution >= 0.6 is 0 Å². The number of carboxylic acid groups (broad SMARTS) is 1. The van der Waals surface area contributed by atoms with Crippen LogP contribution in [0.5, 0.6) is 0 Å². The predicted molar refractivity (Wildman–Crippen MR) is 74.3 cm³/mol. The molecule has 1 aliphatic heterocycles. The van der Waals surface area contributed by atoms with Crippen LogP contribution in [0.4, 0.5) is 0 Å². The van der Waals surface area contributed by atoms with Crippen molar-refractivity contribution in [1.82, 2.24) is 4.90 Å². The van der Waals surface area contributed by atoms with Crippen molar-refractivity contribution < 1.29 is 9.90 Å². The molecule has 0 amide bonds. The highest BCUT2D eigenvalue weighted by atomic mass is 16.4. The van der Waals surface area contributed by atoms with Gasteiger partial charge in [-0.3, -0.25) is 4.79 Å². The summed E-state index contributed by atoms with van der Waals surface area (Å²) in [6.45, 7) is 3.86. The molecule has 1 heterocycles. The van der Waals surface area contributed by atoms with E-state index in [2.05, 4.69) is 4.90 Å². The average Bonchev–Trinajstić information content (AvgIpc) is 3.23. The van der Waals surface area contributed by atoms with E-state index in [1.807, 2.05) is 31.2 Å². The second kappa shape index (κ2) is 4.64. The van der Waals surface area contributed by atoms with Crippen molar-refractivity contribution in [3.8, 4) is 0 Å². The molecule has 3 rings (SSSR count). The van der Waals surface area contributed by atoms with Gasteiger partial charge in [0.05, 0.1) is 5.41 Å². The number of aryl methyl sites for hydroxylation is 1. The number of carbonyl (C=O) groups is 1. The molecule has 0 spiro atoms. The summed E-state index contributed by atoms with van der Waals surface area (Å²) >= 11 is 0. The fourth-order valence-electron chi connectivity index (χ4n) is 3.42. The van der Waals surface area contributed by atoms with Crippen LogP contribution in [0.1, 0.15) is 36.8 Å². The maximum atomic E-state index is 11.9. The molecule has 1 N–H and O–H groups in total. The second-order valence-electron chi connectivity index (χ2n) is 5.97. The minimum atomic E-state index is -0.670. The Morgan fingerprint density at radius 2 is 1.89 bits per heavy atom. The highest BCUT2D eigenvalue weighted by Crippen LogP contribution is 2.40. The first-order chi connectivity index (χ1) is 9.13. The Labute approximate surface area is 114 Å². The lowest BCUT2D eigenvalue weighted by molar-refractivity contribution is -0.146. The van der Waals surface area contributed by atoms with E-state index in [-0.39, 0.29) is 0 Å². The molecule has 1 saturated heterocycles. The van der Waals surface area contributed by atoms with Crippen molar-refractivity contribution in [3.05, 3.63) is 35.4 Å². The first-order valence-electron chi connectivity index (χ1n) is 7.17. The lowest BCUT2D eigenvalue weighted by atomic mass is 9.71. The van der Waals surface area contributed by atoms with Gasteiger partial charge in [-0.1, -0.05) is 24.3 Å². The number of rotatable bonds is 3. The van der Waals surface area contributed by atoms with Crippen molar-refractivity contribution >= 4 is 5.97 Å². The number of carboxylic acids is 1. The molecular weight excluding hydrogens is 238 g/mol. The van der Waals surface area contributed by atoms with Crippen molar-refractivity contribution in [1.29, 1.82) is 0 Å². The molecule has 1 aromatic carbocycles. The summed E-state index contributed by atoms with van der Waals surface area (Å²) in [6.07, 6.45) is 4.07. The SMILES string of the molecule is Cc1ccccc1C1(C(=O)O)CCN(C2CC2)CC1. The van der Waals surface area contributed by atoms with Crippen LogP contribution < -0.4 is 0 Å². The summed E-state index contributed by atoms with van der Waals surface area (Å²) in [4.78, 5) is 14.4. The van der Waals surface area contributed by atoms with Crippen LogP contribution in [0.25, 0.3) is 0 Å². The van der Waals surface area contributed by atoms with E-state index in [0.29, 0.717) is 0 Å². The molecule has 0 unspecified atom stereocenters. The number of benzene rings is 1. The molecule has 102 valence electrons. The van der Waals surface area contributed by atoms with Crippen LogP contribution in [-0.4, -0.2) is 35.1 Å². The van der Waals surface area contributed by atoms with E-state index in [9.17, 15) is 9.90 Å². The van der Waals surface area contributed by atoms with Crippen LogP contribution in [0.3, 0.4) is 0 Å². The molecule has 1 aromatic rings. The predicted octanol–water partition coefficient (Wildman–Crippen LogP) is 2.58. The number of likely N-dealkylation sites (tertiary alicyclic amines) is 1. The molecule has 0 radical (unpaired) electrons. The Morgan fingerprint density at radius 1 is 1.26 bits per heavy atom. The molecule has 19 heavy (non-hydrogen) atoms. The Balaban J connectivity index is 1.89. The van der Waals surface area contributed by atoms with E-state index in [1.54, 1.807) is 0 Å². The highest BCUT2D eigenvalue weighted by Gasteiger charge is 2.45. The molecule has 3 heteroatoms. The fourth-order valence-corrected chi connectivity index (χ4v) is 3.42. The maximum Gasteiger partial charge on any atom is 0.314 e. The third kappa shape index (κ3) is 2.16. The molecule has 2 fully saturated rings. The summed E-state index contributed by atoms with van der Waals surface area (Å²) < 4.78 is 0. The van der Waals surface area contributed by atoms with Gasteiger partial charge >= 0.3 is 5.97 Å². The van der Waals surface area contributed by atoms with Crippen molar-refractivity contribution in [3.63, 3.8) is 0 Å². The molecule has 0 aromatic heterocycles. The third-order valence-electron chi connectivity index (χ3n) is 4.78. The summed E-state index contributed by atoms with van der Waals surface area (Å²) in [6, 6.07) is 8.70. The smallest absolute Gasteiger partial charge is 0.314 e. The molecule has 3 nitrogen and oxygen atoms in total. The van der Waals surface area contributed by atoms with Gasteiger partial charge in [0.1, 0.15) is 0 Å². The first-order valence-corrected chi connectivity index (χ1v) is 7.17. The molecule has 1 saturated carbocycles. The molecule has 2 aliphatic rings. The van der Waals surface area contributed by atoms with Gasteiger partial charge in [0, 0.05) is 6.04 Å². The van der Waals surface area contributed by atoms with Crippen molar-refractivity contribution in [2.75, 3.05) is 13.1 Å². The van der Waals surface area contributed by atoms with E-state index < -0.39 is 11.4 Å². The quantitative estimate of drug-likeness (QED) is 0.907. The monoisotopic (exact) mass is 259 g/mol. The Kier molecular flexibility index (Phi) is 3.09. The normalized spacial score (nSPS) is 23.2. The average molecular weight is 259 g/mol. The Morgan fingerprint density at radius 3 is 2.42 bits per heavy atom. The van der Waals surface area contributed by atoms with Gasteiger partial charge in [-0.05, 0) is 56.8 Å².